The second-order valence-corrected chi connectivity index (χ2v) is 11.2. The number of aliphatic carboxylic acids is 2. The molecule has 0 saturated carbocycles. The number of halogens is 2. The zero-order chi connectivity index (χ0) is 29.2. The van der Waals surface area contributed by atoms with Crippen molar-refractivity contribution in [3.8, 4) is 0 Å². The van der Waals surface area contributed by atoms with E-state index in [2.05, 4.69) is 0 Å². The van der Waals surface area contributed by atoms with Gasteiger partial charge in [-0.1, -0.05) is 36.4 Å². The van der Waals surface area contributed by atoms with Gasteiger partial charge in [0.2, 0.25) is 0 Å². The molecule has 0 aliphatic carbocycles. The number of nitrogens with zero attached hydrogens (tertiary/aromatic N) is 2. The van der Waals surface area contributed by atoms with Crippen LogP contribution in [0.25, 0.3) is 10.8 Å². The van der Waals surface area contributed by atoms with E-state index in [1.54, 1.807) is 48.2 Å². The van der Waals surface area contributed by atoms with Crippen molar-refractivity contribution in [1.29, 1.82) is 0 Å². The smallest absolute Gasteiger partial charge is 0.324 e. The van der Waals surface area contributed by atoms with Gasteiger partial charge in [-0.15, -0.1) is 0 Å². The Kier molecular flexibility index (Phi) is 8.06. The highest BCUT2D eigenvalue weighted by Crippen LogP contribution is 2.37. The van der Waals surface area contributed by atoms with E-state index in [9.17, 15) is 37.0 Å². The Bertz CT molecular complexity index is 1730. The fraction of sp³-hybridized carbons (Fsp3) is 0.172. The fourth-order valence-corrected chi connectivity index (χ4v) is 6.02. The molecule has 8 nitrogen and oxygen atoms in total. The van der Waals surface area contributed by atoms with Crippen LogP contribution >= 0.6 is 0 Å². The molecule has 0 unspecified atom stereocenters. The number of rotatable bonds is 10. The lowest BCUT2D eigenvalue weighted by Crippen LogP contribution is -2.36. The summed E-state index contributed by atoms with van der Waals surface area (Å²) in [6.45, 7) is 1.80. The van der Waals surface area contributed by atoms with Crippen molar-refractivity contribution in [1.82, 2.24) is 0 Å². The molecule has 4 aromatic rings. The summed E-state index contributed by atoms with van der Waals surface area (Å²) in [5, 5.41) is 20.1. The molecule has 0 spiro atoms. The molecule has 0 aliphatic rings. The normalized spacial score (nSPS) is 11.4. The molecule has 0 atom stereocenters. The maximum absolute atomic E-state index is 13.9. The van der Waals surface area contributed by atoms with E-state index in [4.69, 9.17) is 0 Å². The Morgan fingerprint density at radius 1 is 0.750 bits per heavy atom. The van der Waals surface area contributed by atoms with Crippen LogP contribution in [0.3, 0.4) is 0 Å². The number of aryl methyl sites for hydroxylation is 2. The molecule has 0 saturated heterocycles. The van der Waals surface area contributed by atoms with E-state index >= 15 is 0 Å². The van der Waals surface area contributed by atoms with Crippen molar-refractivity contribution in [2.24, 2.45) is 0 Å². The topological polar surface area (TPSA) is 115 Å². The molecule has 0 aromatic heterocycles. The van der Waals surface area contributed by atoms with Gasteiger partial charge in [0.1, 0.15) is 24.7 Å². The minimum Gasteiger partial charge on any atom is -0.480 e. The molecule has 0 aliphatic heterocycles. The van der Waals surface area contributed by atoms with Crippen LogP contribution < -0.4 is 9.21 Å². The molecule has 11 heteroatoms. The minimum absolute atomic E-state index is 0.0524. The van der Waals surface area contributed by atoms with Gasteiger partial charge >= 0.3 is 11.9 Å². The zero-order valence-corrected chi connectivity index (χ0v) is 22.5. The monoisotopic (exact) mass is 568 g/mol. The Labute approximate surface area is 229 Å². The second kappa shape index (κ2) is 11.3. The molecule has 0 heterocycles. The quantitative estimate of drug-likeness (QED) is 0.273. The molecule has 208 valence electrons. The van der Waals surface area contributed by atoms with Gasteiger partial charge in [0.25, 0.3) is 10.0 Å². The van der Waals surface area contributed by atoms with Gasteiger partial charge in [-0.3, -0.25) is 13.9 Å². The number of hydrogen-bond donors (Lipinski definition) is 2. The molecule has 0 fully saturated rings. The van der Waals surface area contributed by atoms with Crippen LogP contribution in [0.2, 0.25) is 0 Å². The summed E-state index contributed by atoms with van der Waals surface area (Å²) in [5.41, 5.74) is 1.65. The van der Waals surface area contributed by atoms with Crippen LogP contribution in [0.15, 0.2) is 77.7 Å². The third-order valence-corrected chi connectivity index (χ3v) is 8.16. The number of carbonyl (C=O) groups is 2. The van der Waals surface area contributed by atoms with Crippen LogP contribution in [-0.2, 0) is 26.2 Å². The molecular weight excluding hydrogens is 542 g/mol. The standard InChI is InChI=1S/C29H26F2N2O6S/c1-18-13-20(7-9-24(18)30)15-32(16-28(34)35)26-11-12-27(23-6-4-3-5-22(23)26)33(17-29(36)37)40(38,39)21-8-10-25(31)19(2)14-21/h3-14H,15-17H2,1-2H3,(H,34,35)(H,36,37). The van der Waals surface area contributed by atoms with Gasteiger partial charge in [0, 0.05) is 23.0 Å². The molecule has 0 radical (unpaired) electrons. The summed E-state index contributed by atoms with van der Waals surface area (Å²) < 4.78 is 55.8. The summed E-state index contributed by atoms with van der Waals surface area (Å²) >= 11 is 0. The Morgan fingerprint density at radius 3 is 1.88 bits per heavy atom. The number of carboxylic acids is 2. The van der Waals surface area contributed by atoms with Crippen molar-refractivity contribution in [3.63, 3.8) is 0 Å². The van der Waals surface area contributed by atoms with Crippen LogP contribution in [0.1, 0.15) is 16.7 Å². The minimum atomic E-state index is -4.45. The third-order valence-electron chi connectivity index (χ3n) is 6.41. The van der Waals surface area contributed by atoms with Gasteiger partial charge in [-0.05, 0) is 66.9 Å². The third kappa shape index (κ3) is 5.89. The first-order chi connectivity index (χ1) is 18.9. The summed E-state index contributed by atoms with van der Waals surface area (Å²) in [6, 6.07) is 17.2. The van der Waals surface area contributed by atoms with Crippen molar-refractivity contribution in [2.75, 3.05) is 22.3 Å². The Balaban J connectivity index is 1.88. The average Bonchev–Trinajstić information content (AvgIpc) is 2.89. The zero-order valence-electron chi connectivity index (χ0n) is 21.6. The van der Waals surface area contributed by atoms with Crippen molar-refractivity contribution in [3.05, 3.63) is 101 Å². The fourth-order valence-electron chi connectivity index (χ4n) is 4.50. The lowest BCUT2D eigenvalue weighted by Gasteiger charge is -2.28. The van der Waals surface area contributed by atoms with Crippen LogP contribution in [0.5, 0.6) is 0 Å². The van der Waals surface area contributed by atoms with Crippen molar-refractivity contribution in [2.45, 2.75) is 25.3 Å². The van der Waals surface area contributed by atoms with E-state index in [0.717, 1.165) is 22.5 Å². The first-order valence-electron chi connectivity index (χ1n) is 12.1. The number of carboxylic acid groups (broad SMARTS) is 2. The number of sulfonamides is 1. The molecule has 4 aromatic carbocycles. The van der Waals surface area contributed by atoms with Gasteiger partial charge in [0.05, 0.1) is 10.6 Å². The highest BCUT2D eigenvalue weighted by atomic mass is 32.2. The average molecular weight is 569 g/mol. The number of anilines is 2. The number of benzene rings is 4. The second-order valence-electron chi connectivity index (χ2n) is 9.30. The molecule has 0 amide bonds. The van der Waals surface area contributed by atoms with Crippen molar-refractivity contribution < 1.29 is 37.0 Å². The number of hydrogen-bond acceptors (Lipinski definition) is 5. The highest BCUT2D eigenvalue weighted by Gasteiger charge is 2.30. The van der Waals surface area contributed by atoms with Crippen LogP contribution in [-0.4, -0.2) is 43.7 Å². The molecule has 0 bridgehead atoms. The molecular formula is C29H26F2N2O6S. The Hall–Kier alpha value is -4.51. The van der Waals surface area contributed by atoms with E-state index in [-0.39, 0.29) is 28.5 Å². The highest BCUT2D eigenvalue weighted by molar-refractivity contribution is 7.92. The summed E-state index contributed by atoms with van der Waals surface area (Å²) in [7, 11) is -4.45. The largest absolute Gasteiger partial charge is 0.480 e. The van der Waals surface area contributed by atoms with Crippen molar-refractivity contribution >= 4 is 44.1 Å². The number of fused-ring (bicyclic) bond motifs is 1. The van der Waals surface area contributed by atoms with Gasteiger partial charge in [-0.25, -0.2) is 17.2 Å². The molecule has 4 rings (SSSR count). The Morgan fingerprint density at radius 2 is 1.30 bits per heavy atom. The predicted molar refractivity (Wildman–Crippen MR) is 147 cm³/mol. The summed E-state index contributed by atoms with van der Waals surface area (Å²) in [4.78, 5) is 24.9. The van der Waals surface area contributed by atoms with Crippen LogP contribution in [0.4, 0.5) is 20.2 Å². The summed E-state index contributed by atoms with van der Waals surface area (Å²) in [5.74, 6) is -3.52. The lowest BCUT2D eigenvalue weighted by molar-refractivity contribution is -0.136. The maximum atomic E-state index is 13.9. The van der Waals surface area contributed by atoms with E-state index in [1.165, 1.54) is 25.1 Å². The van der Waals surface area contributed by atoms with E-state index in [1.807, 2.05) is 0 Å². The first kappa shape index (κ1) is 28.5. The lowest BCUT2D eigenvalue weighted by atomic mass is 10.0. The van der Waals surface area contributed by atoms with Crippen LogP contribution in [0, 0.1) is 25.5 Å². The molecule has 40 heavy (non-hydrogen) atoms. The van der Waals surface area contributed by atoms with Gasteiger partial charge in [-0.2, -0.15) is 0 Å². The molecule has 2 N–H and O–H groups in total. The van der Waals surface area contributed by atoms with E-state index in [0.29, 0.717) is 27.6 Å². The maximum Gasteiger partial charge on any atom is 0.324 e. The van der Waals surface area contributed by atoms with Gasteiger partial charge in [0.15, 0.2) is 0 Å². The first-order valence-corrected chi connectivity index (χ1v) is 13.6. The SMILES string of the molecule is Cc1cc(CN(CC(=O)O)c2ccc(N(CC(=O)O)S(=O)(=O)c3ccc(F)c(C)c3)c3ccccc23)ccc1F. The summed E-state index contributed by atoms with van der Waals surface area (Å²) in [6.07, 6.45) is 0. The van der Waals surface area contributed by atoms with E-state index < -0.39 is 40.9 Å². The predicted octanol–water partition coefficient (Wildman–Crippen LogP) is 5.11. The van der Waals surface area contributed by atoms with Gasteiger partial charge < -0.3 is 15.1 Å².